The van der Waals surface area contributed by atoms with E-state index in [-0.39, 0.29) is 23.5 Å². The molecule has 0 aromatic heterocycles. The zero-order valence-electron chi connectivity index (χ0n) is 10.6. The Hall–Kier alpha value is -1.82. The maximum atomic E-state index is 12.3. The largest absolute Gasteiger partial charge is 0.355 e. The van der Waals surface area contributed by atoms with Crippen LogP contribution in [0.5, 0.6) is 0 Å². The minimum absolute atomic E-state index is 0.0670. The summed E-state index contributed by atoms with van der Waals surface area (Å²) in [5, 5.41) is 2.88. The maximum absolute atomic E-state index is 12.3. The zero-order valence-corrected chi connectivity index (χ0v) is 11.4. The van der Waals surface area contributed by atoms with Crippen molar-refractivity contribution in [2.24, 2.45) is 10.9 Å². The predicted molar refractivity (Wildman–Crippen MR) is 76.8 cm³/mol. The normalized spacial score (nSPS) is 21.2. The first-order chi connectivity index (χ1) is 9.13. The van der Waals surface area contributed by atoms with E-state index in [0.717, 1.165) is 6.42 Å². The third-order valence-electron chi connectivity index (χ3n) is 2.86. The molecule has 1 atom stereocenters. The highest BCUT2D eigenvalue weighted by Crippen LogP contribution is 2.19. The molecule has 19 heavy (non-hydrogen) atoms. The second-order valence-electron chi connectivity index (χ2n) is 4.32. The summed E-state index contributed by atoms with van der Waals surface area (Å²) in [4.78, 5) is 29.4. The van der Waals surface area contributed by atoms with Crippen LogP contribution in [0.1, 0.15) is 13.3 Å². The number of amides is 2. The van der Waals surface area contributed by atoms with Crippen molar-refractivity contribution in [3.63, 3.8) is 0 Å². The molecule has 0 saturated carbocycles. The van der Waals surface area contributed by atoms with Crippen LogP contribution in [0.2, 0.25) is 0 Å². The zero-order chi connectivity index (χ0) is 13.8. The fraction of sp³-hybridized carbons (Fsp3) is 0.385. The molecule has 0 aromatic carbocycles. The lowest BCUT2D eigenvalue weighted by molar-refractivity contribution is -0.133. The van der Waals surface area contributed by atoms with Crippen LogP contribution in [0, 0.1) is 5.92 Å². The van der Waals surface area contributed by atoms with Crippen LogP contribution in [0.4, 0.5) is 0 Å². The highest BCUT2D eigenvalue weighted by atomic mass is 32.1. The fourth-order valence-corrected chi connectivity index (χ4v) is 2.15. The van der Waals surface area contributed by atoms with Gasteiger partial charge < -0.3 is 5.32 Å². The molecule has 0 saturated heterocycles. The minimum Gasteiger partial charge on any atom is -0.355 e. The summed E-state index contributed by atoms with van der Waals surface area (Å²) in [7, 11) is 0. The number of carbonyl (C=O) groups excluding carboxylic acids is 2. The van der Waals surface area contributed by atoms with Crippen LogP contribution < -0.4 is 5.32 Å². The van der Waals surface area contributed by atoms with Crippen molar-refractivity contribution < 1.29 is 9.59 Å². The van der Waals surface area contributed by atoms with Crippen molar-refractivity contribution in [2.75, 3.05) is 13.1 Å². The van der Waals surface area contributed by atoms with Gasteiger partial charge in [-0.2, -0.15) is 0 Å². The maximum Gasteiger partial charge on any atom is 0.242 e. The van der Waals surface area contributed by atoms with E-state index in [1.165, 1.54) is 4.90 Å². The third kappa shape index (κ3) is 2.96. The molecular formula is C13H15N3O2S. The molecule has 100 valence electrons. The average molecular weight is 277 g/mol. The first-order valence-corrected chi connectivity index (χ1v) is 6.59. The van der Waals surface area contributed by atoms with Crippen LogP contribution in [0.3, 0.4) is 0 Å². The molecule has 0 fully saturated rings. The van der Waals surface area contributed by atoms with Crippen molar-refractivity contribution in [1.82, 2.24) is 10.2 Å². The quantitative estimate of drug-likeness (QED) is 0.774. The van der Waals surface area contributed by atoms with Crippen LogP contribution in [-0.4, -0.2) is 40.6 Å². The number of allylic oxidation sites excluding steroid dienone is 3. The number of hydrogen-bond acceptors (Lipinski definition) is 3. The second kappa shape index (κ2) is 5.88. The van der Waals surface area contributed by atoms with E-state index in [1.54, 1.807) is 18.2 Å². The molecule has 2 amide bonds. The molecule has 1 heterocycles. The smallest absolute Gasteiger partial charge is 0.242 e. The van der Waals surface area contributed by atoms with Gasteiger partial charge in [0.15, 0.2) is 0 Å². The van der Waals surface area contributed by atoms with E-state index in [0.29, 0.717) is 12.3 Å². The van der Waals surface area contributed by atoms with Crippen molar-refractivity contribution >= 4 is 34.9 Å². The molecule has 0 spiro atoms. The summed E-state index contributed by atoms with van der Waals surface area (Å²) in [6.45, 7) is 2.49. The molecule has 1 aliphatic carbocycles. The van der Waals surface area contributed by atoms with Crippen LogP contribution >= 0.6 is 12.2 Å². The first-order valence-electron chi connectivity index (χ1n) is 6.19. The van der Waals surface area contributed by atoms with Gasteiger partial charge in [-0.05, 0) is 24.7 Å². The van der Waals surface area contributed by atoms with E-state index < -0.39 is 5.92 Å². The second-order valence-corrected chi connectivity index (χ2v) is 4.68. The molecule has 0 aromatic rings. The molecule has 1 unspecified atom stereocenters. The van der Waals surface area contributed by atoms with E-state index in [2.05, 4.69) is 10.3 Å². The van der Waals surface area contributed by atoms with Crippen molar-refractivity contribution in [2.45, 2.75) is 13.3 Å². The van der Waals surface area contributed by atoms with Crippen LogP contribution in [0.15, 0.2) is 29.3 Å². The molecule has 2 aliphatic rings. The Morgan fingerprint density at radius 2 is 2.32 bits per heavy atom. The van der Waals surface area contributed by atoms with Crippen molar-refractivity contribution in [1.29, 1.82) is 0 Å². The fourth-order valence-electron chi connectivity index (χ4n) is 1.89. The van der Waals surface area contributed by atoms with Gasteiger partial charge in [0.25, 0.3) is 0 Å². The number of rotatable bonds is 4. The van der Waals surface area contributed by atoms with Gasteiger partial charge in [0.2, 0.25) is 16.9 Å². The van der Waals surface area contributed by atoms with Gasteiger partial charge in [0.1, 0.15) is 6.54 Å². The van der Waals surface area contributed by atoms with Crippen LogP contribution in [-0.2, 0) is 9.59 Å². The summed E-state index contributed by atoms with van der Waals surface area (Å²) >= 11 is 5.08. The molecular weight excluding hydrogens is 262 g/mol. The van der Waals surface area contributed by atoms with Crippen molar-refractivity contribution in [3.8, 4) is 0 Å². The van der Waals surface area contributed by atoms with Gasteiger partial charge in [-0.15, -0.1) is 0 Å². The molecule has 0 bridgehead atoms. The predicted octanol–water partition coefficient (Wildman–Crippen LogP) is 0.823. The molecule has 5 nitrogen and oxygen atoms in total. The summed E-state index contributed by atoms with van der Waals surface area (Å²) in [5.74, 6) is -0.829. The number of carbonyl (C=O) groups is 2. The number of thiocarbonyl (C=S) groups is 1. The Morgan fingerprint density at radius 3 is 3.05 bits per heavy atom. The standard InChI is InChI=1S/C13H15N3O2S/c1-2-7-14-11(17)8-16-12(18)9-5-3-4-6-10(9)15-13(16)19/h3-6,9H,2,7-8H2,1H3,(H,14,17). The average Bonchev–Trinajstić information content (AvgIpc) is 2.41. The molecule has 0 radical (unpaired) electrons. The lowest BCUT2D eigenvalue weighted by Crippen LogP contribution is -2.49. The summed E-state index contributed by atoms with van der Waals surface area (Å²) in [6.07, 6.45) is 7.99. The Balaban J connectivity index is 2.10. The molecule has 2 rings (SSSR count). The van der Waals surface area contributed by atoms with E-state index in [1.807, 2.05) is 13.0 Å². The monoisotopic (exact) mass is 277 g/mol. The molecule has 1 aliphatic heterocycles. The number of aliphatic imine (C=N–C) groups is 1. The Bertz CT molecular complexity index is 508. The number of hydrogen-bond donors (Lipinski definition) is 1. The van der Waals surface area contributed by atoms with E-state index >= 15 is 0 Å². The van der Waals surface area contributed by atoms with Crippen molar-refractivity contribution in [3.05, 3.63) is 24.3 Å². The SMILES string of the molecule is CCCNC(=O)CN1C(=O)C2C=CC=CC2=NC1=S. The van der Waals surface area contributed by atoms with E-state index in [9.17, 15) is 9.59 Å². The topological polar surface area (TPSA) is 61.8 Å². The first kappa shape index (κ1) is 13.6. The van der Waals surface area contributed by atoms with Gasteiger partial charge in [-0.3, -0.25) is 14.5 Å². The summed E-state index contributed by atoms with van der Waals surface area (Å²) in [6, 6.07) is 0. The van der Waals surface area contributed by atoms with Gasteiger partial charge in [-0.25, -0.2) is 4.99 Å². The Labute approximate surface area is 117 Å². The number of fused-ring (bicyclic) bond motifs is 1. The highest BCUT2D eigenvalue weighted by molar-refractivity contribution is 7.80. The summed E-state index contributed by atoms with van der Waals surface area (Å²) in [5.41, 5.74) is 0.641. The van der Waals surface area contributed by atoms with Crippen LogP contribution in [0.25, 0.3) is 0 Å². The third-order valence-corrected chi connectivity index (χ3v) is 3.17. The highest BCUT2D eigenvalue weighted by Gasteiger charge is 2.34. The lowest BCUT2D eigenvalue weighted by atomic mass is 9.95. The number of nitrogens with one attached hydrogen (secondary N) is 1. The van der Waals surface area contributed by atoms with Gasteiger partial charge in [0.05, 0.1) is 11.6 Å². The Morgan fingerprint density at radius 1 is 1.53 bits per heavy atom. The lowest BCUT2D eigenvalue weighted by Gasteiger charge is -2.29. The molecule has 1 N–H and O–H groups in total. The summed E-state index contributed by atoms with van der Waals surface area (Å²) < 4.78 is 0. The Kier molecular flexibility index (Phi) is 4.21. The molecule has 6 heteroatoms. The number of nitrogens with zero attached hydrogens (tertiary/aromatic N) is 2. The van der Waals surface area contributed by atoms with Gasteiger partial charge in [0, 0.05) is 6.54 Å². The van der Waals surface area contributed by atoms with E-state index in [4.69, 9.17) is 12.2 Å². The van der Waals surface area contributed by atoms with Gasteiger partial charge >= 0.3 is 0 Å². The van der Waals surface area contributed by atoms with Gasteiger partial charge in [-0.1, -0.05) is 25.2 Å². The minimum atomic E-state index is -0.421.